The normalized spacial score (nSPS) is 11.2. The number of fused-ring (bicyclic) bond motifs is 1. The molecule has 0 aliphatic carbocycles. The van der Waals surface area contributed by atoms with Crippen molar-refractivity contribution in [2.24, 2.45) is 0 Å². The summed E-state index contributed by atoms with van der Waals surface area (Å²) in [5.74, 6) is 0.879. The zero-order chi connectivity index (χ0) is 8.55. The number of imidazole rings is 1. The molecule has 0 saturated heterocycles. The van der Waals surface area contributed by atoms with Crippen LogP contribution in [0.5, 0.6) is 0 Å². The van der Waals surface area contributed by atoms with Gasteiger partial charge in [-0.15, -0.1) is 11.3 Å². The summed E-state index contributed by atoms with van der Waals surface area (Å²) in [5.41, 5.74) is 2.43. The Hall–Kier alpha value is -0.480. The molecule has 0 spiro atoms. The summed E-state index contributed by atoms with van der Waals surface area (Å²) >= 11 is 5.90. The number of thiazole rings is 1. The first kappa shape index (κ1) is 8.13. The molecule has 0 amide bonds. The van der Waals surface area contributed by atoms with E-state index < -0.39 is 0 Å². The molecule has 64 valence electrons. The predicted octanol–water partition coefficient (Wildman–Crippen LogP) is 2.18. The lowest BCUT2D eigenvalue weighted by Gasteiger charge is -1.95. The van der Waals surface area contributed by atoms with Crippen molar-refractivity contribution in [3.63, 3.8) is 0 Å². The zero-order valence-electron chi connectivity index (χ0n) is 6.82. The molecule has 0 aromatic carbocycles. The Kier molecular flexibility index (Phi) is 2.11. The van der Waals surface area contributed by atoms with Gasteiger partial charge in [-0.05, 0) is 19.1 Å². The lowest BCUT2D eigenvalue weighted by Crippen LogP contribution is -1.93. The van der Waals surface area contributed by atoms with Crippen LogP contribution in [0.2, 0.25) is 0 Å². The Labute approximate surface area is 80.7 Å². The molecule has 0 unspecified atom stereocenters. The third-order valence-corrected chi connectivity index (χ3v) is 2.89. The van der Waals surface area contributed by atoms with Crippen LogP contribution in [0.25, 0.3) is 4.96 Å². The molecular weight excluding hydrogens is 188 g/mol. The molecule has 2 aromatic rings. The molecule has 0 N–H and O–H groups in total. The second-order valence-corrected chi connectivity index (χ2v) is 3.99. The molecule has 4 heteroatoms. The van der Waals surface area contributed by atoms with Gasteiger partial charge < -0.3 is 0 Å². The van der Waals surface area contributed by atoms with E-state index in [1.807, 2.05) is 0 Å². The van der Waals surface area contributed by atoms with Crippen molar-refractivity contribution in [1.82, 2.24) is 9.38 Å². The molecule has 0 radical (unpaired) electrons. The van der Waals surface area contributed by atoms with Crippen LogP contribution in [-0.4, -0.2) is 15.1 Å². The van der Waals surface area contributed by atoms with E-state index in [2.05, 4.69) is 40.5 Å². The van der Waals surface area contributed by atoms with E-state index in [1.165, 1.54) is 5.69 Å². The highest BCUT2D eigenvalue weighted by atomic mass is 32.1. The van der Waals surface area contributed by atoms with Gasteiger partial charge in [0.1, 0.15) is 0 Å². The number of aryl methyl sites for hydroxylation is 2. The molecule has 12 heavy (non-hydrogen) atoms. The Balaban J connectivity index is 2.59. The number of rotatable bonds is 2. The van der Waals surface area contributed by atoms with Gasteiger partial charge in [-0.25, -0.2) is 4.98 Å². The quantitative estimate of drug-likeness (QED) is 0.732. The summed E-state index contributed by atoms with van der Waals surface area (Å²) < 4.78 is 2.15. The van der Waals surface area contributed by atoms with Gasteiger partial charge in [0.25, 0.3) is 0 Å². The maximum Gasteiger partial charge on any atom is 0.194 e. The monoisotopic (exact) mass is 198 g/mol. The fraction of sp³-hybridized carbons (Fsp3) is 0.375. The number of aromatic nitrogens is 2. The topological polar surface area (TPSA) is 17.3 Å². The summed E-state index contributed by atoms with van der Waals surface area (Å²) in [6.45, 7) is 2.05. The summed E-state index contributed by atoms with van der Waals surface area (Å²) in [7, 11) is 0. The maximum absolute atomic E-state index is 4.44. The van der Waals surface area contributed by atoms with E-state index in [1.54, 1.807) is 11.3 Å². The van der Waals surface area contributed by atoms with Crippen molar-refractivity contribution in [2.75, 3.05) is 5.75 Å². The van der Waals surface area contributed by atoms with Crippen LogP contribution in [0.15, 0.2) is 11.6 Å². The average molecular weight is 198 g/mol. The van der Waals surface area contributed by atoms with E-state index in [4.69, 9.17) is 0 Å². The van der Waals surface area contributed by atoms with Crippen molar-refractivity contribution < 1.29 is 0 Å². The van der Waals surface area contributed by atoms with Crippen molar-refractivity contribution in [3.05, 3.63) is 23.0 Å². The van der Waals surface area contributed by atoms with E-state index in [0.29, 0.717) is 0 Å². The molecule has 2 heterocycles. The van der Waals surface area contributed by atoms with Crippen molar-refractivity contribution in [3.8, 4) is 0 Å². The number of nitrogens with zero attached hydrogens (tertiary/aromatic N) is 2. The van der Waals surface area contributed by atoms with E-state index in [-0.39, 0.29) is 0 Å². The van der Waals surface area contributed by atoms with E-state index >= 15 is 0 Å². The Morgan fingerprint density at radius 2 is 2.50 bits per heavy atom. The van der Waals surface area contributed by atoms with Crippen LogP contribution in [-0.2, 0) is 6.42 Å². The fourth-order valence-electron chi connectivity index (χ4n) is 1.35. The molecular formula is C8H10N2S2. The standard InChI is InChI=1S/C8H10N2S2/c1-6-7(2-4-11)10-3-5-12-8(10)9-6/h3,5,11H,2,4H2,1H3. The largest absolute Gasteiger partial charge is 0.294 e. The smallest absolute Gasteiger partial charge is 0.194 e. The SMILES string of the molecule is Cc1nc2sccn2c1CCS. The van der Waals surface area contributed by atoms with Gasteiger partial charge in [0, 0.05) is 17.3 Å². The second-order valence-electron chi connectivity index (χ2n) is 2.67. The molecule has 2 rings (SSSR count). The summed E-state index contributed by atoms with van der Waals surface area (Å²) in [4.78, 5) is 5.53. The van der Waals surface area contributed by atoms with Gasteiger partial charge in [-0.1, -0.05) is 0 Å². The highest BCUT2D eigenvalue weighted by Gasteiger charge is 2.07. The van der Waals surface area contributed by atoms with Crippen LogP contribution in [0.3, 0.4) is 0 Å². The summed E-state index contributed by atoms with van der Waals surface area (Å²) in [6, 6.07) is 0. The molecule has 0 fully saturated rings. The van der Waals surface area contributed by atoms with Gasteiger partial charge in [0.2, 0.25) is 0 Å². The first-order valence-electron chi connectivity index (χ1n) is 3.85. The van der Waals surface area contributed by atoms with Gasteiger partial charge in [0.05, 0.1) is 5.69 Å². The number of hydrogen-bond acceptors (Lipinski definition) is 3. The highest BCUT2D eigenvalue weighted by Crippen LogP contribution is 2.17. The third kappa shape index (κ3) is 1.15. The highest BCUT2D eigenvalue weighted by molar-refractivity contribution is 7.80. The van der Waals surface area contributed by atoms with Gasteiger partial charge in [-0.2, -0.15) is 12.6 Å². The lowest BCUT2D eigenvalue weighted by atomic mass is 10.3. The minimum absolute atomic E-state index is 0.879. The molecule has 2 aromatic heterocycles. The third-order valence-electron chi connectivity index (χ3n) is 1.91. The van der Waals surface area contributed by atoms with Crippen LogP contribution in [0, 0.1) is 6.92 Å². The second kappa shape index (κ2) is 3.11. The summed E-state index contributed by atoms with van der Waals surface area (Å²) in [6.07, 6.45) is 3.06. The number of thiol groups is 1. The molecule has 0 aliphatic heterocycles. The van der Waals surface area contributed by atoms with Crippen LogP contribution in [0.4, 0.5) is 0 Å². The van der Waals surface area contributed by atoms with Gasteiger partial charge in [0.15, 0.2) is 4.96 Å². The van der Waals surface area contributed by atoms with Crippen LogP contribution in [0.1, 0.15) is 11.4 Å². The Bertz CT molecular complexity index is 389. The van der Waals surface area contributed by atoms with E-state index in [9.17, 15) is 0 Å². The molecule has 0 bridgehead atoms. The molecule has 2 nitrogen and oxygen atoms in total. The van der Waals surface area contributed by atoms with Crippen LogP contribution >= 0.6 is 24.0 Å². The molecule has 0 aliphatic rings. The first-order valence-corrected chi connectivity index (χ1v) is 5.36. The van der Waals surface area contributed by atoms with Crippen LogP contribution < -0.4 is 0 Å². The summed E-state index contributed by atoms with van der Waals surface area (Å²) in [5, 5.41) is 2.06. The first-order chi connectivity index (χ1) is 5.83. The fourth-order valence-corrected chi connectivity index (χ4v) is 2.34. The Morgan fingerprint density at radius 3 is 3.25 bits per heavy atom. The number of hydrogen-bond donors (Lipinski definition) is 1. The minimum atomic E-state index is 0.879. The Morgan fingerprint density at radius 1 is 1.67 bits per heavy atom. The van der Waals surface area contributed by atoms with Crippen molar-refractivity contribution in [1.29, 1.82) is 0 Å². The molecule has 0 saturated carbocycles. The maximum atomic E-state index is 4.44. The van der Waals surface area contributed by atoms with Gasteiger partial charge in [-0.3, -0.25) is 4.40 Å². The zero-order valence-corrected chi connectivity index (χ0v) is 8.53. The van der Waals surface area contributed by atoms with Crippen molar-refractivity contribution >= 4 is 28.9 Å². The van der Waals surface area contributed by atoms with Gasteiger partial charge >= 0.3 is 0 Å². The van der Waals surface area contributed by atoms with Crippen molar-refractivity contribution in [2.45, 2.75) is 13.3 Å². The molecule has 0 atom stereocenters. The van der Waals surface area contributed by atoms with E-state index in [0.717, 1.165) is 22.8 Å². The predicted molar refractivity (Wildman–Crippen MR) is 55.4 cm³/mol. The minimum Gasteiger partial charge on any atom is -0.294 e. The lowest BCUT2D eigenvalue weighted by molar-refractivity contribution is 0.996. The average Bonchev–Trinajstić information content (AvgIpc) is 2.56.